The molecule has 0 saturated carbocycles. The number of carbonyl (C=O) groups excluding carboxylic acids is 1. The fraction of sp³-hybridized carbons (Fsp3) is 0.0556. The van der Waals surface area contributed by atoms with E-state index in [1.54, 1.807) is 12.1 Å². The van der Waals surface area contributed by atoms with Crippen LogP contribution in [0, 0.1) is 6.92 Å². The summed E-state index contributed by atoms with van der Waals surface area (Å²) in [5.74, 6) is -0.191. The van der Waals surface area contributed by atoms with E-state index in [1.165, 1.54) is 0 Å². The van der Waals surface area contributed by atoms with Gasteiger partial charge in [-0.1, -0.05) is 42.5 Å². The number of benzene rings is 3. The van der Waals surface area contributed by atoms with Crippen LogP contribution in [-0.4, -0.2) is 5.91 Å². The summed E-state index contributed by atoms with van der Waals surface area (Å²) in [6.07, 6.45) is 0. The second-order valence-corrected chi connectivity index (χ2v) is 5.07. The zero-order chi connectivity index (χ0) is 14.8. The lowest BCUT2D eigenvalue weighted by Gasteiger charge is -2.10. The zero-order valence-corrected chi connectivity index (χ0v) is 11.8. The van der Waals surface area contributed by atoms with Gasteiger partial charge in [-0.25, -0.2) is 0 Å². The van der Waals surface area contributed by atoms with E-state index < -0.39 is 0 Å². The molecule has 0 aliphatic rings. The van der Waals surface area contributed by atoms with E-state index in [0.29, 0.717) is 11.3 Å². The molecule has 3 N–H and O–H groups in total. The maximum absolute atomic E-state index is 12.4. The van der Waals surface area contributed by atoms with E-state index in [9.17, 15) is 4.79 Å². The van der Waals surface area contributed by atoms with Crippen LogP contribution in [0.25, 0.3) is 10.8 Å². The van der Waals surface area contributed by atoms with Crippen molar-refractivity contribution in [1.29, 1.82) is 0 Å². The Balaban J connectivity index is 1.97. The number of nitrogens with one attached hydrogen (secondary N) is 1. The average molecular weight is 276 g/mol. The molecule has 0 unspecified atom stereocenters. The molecule has 3 heteroatoms. The number of carbonyl (C=O) groups is 1. The van der Waals surface area contributed by atoms with Crippen molar-refractivity contribution < 1.29 is 4.79 Å². The summed E-state index contributed by atoms with van der Waals surface area (Å²) in [5, 5.41) is 5.05. The molecule has 3 aromatic rings. The minimum Gasteiger partial charge on any atom is -0.398 e. The number of nitrogens with two attached hydrogens (primary N) is 1. The van der Waals surface area contributed by atoms with Gasteiger partial charge in [0.15, 0.2) is 0 Å². The molecule has 0 aliphatic heterocycles. The maximum Gasteiger partial charge on any atom is 0.257 e. The first-order valence-electron chi connectivity index (χ1n) is 6.80. The molecule has 0 heterocycles. The van der Waals surface area contributed by atoms with Crippen LogP contribution in [0.4, 0.5) is 11.4 Å². The normalized spacial score (nSPS) is 10.5. The number of fused-ring (bicyclic) bond motifs is 1. The smallest absolute Gasteiger partial charge is 0.257 e. The Bertz CT molecular complexity index is 819. The van der Waals surface area contributed by atoms with Gasteiger partial charge < -0.3 is 11.1 Å². The Labute approximate surface area is 123 Å². The molecule has 0 aliphatic carbocycles. The second kappa shape index (κ2) is 5.29. The van der Waals surface area contributed by atoms with Crippen molar-refractivity contribution in [3.05, 3.63) is 71.8 Å². The van der Waals surface area contributed by atoms with E-state index in [4.69, 9.17) is 5.73 Å². The number of hydrogen-bond acceptors (Lipinski definition) is 2. The molecule has 0 aromatic heterocycles. The van der Waals surface area contributed by atoms with Crippen molar-refractivity contribution >= 4 is 28.1 Å². The van der Waals surface area contributed by atoms with Crippen LogP contribution in [0.3, 0.4) is 0 Å². The van der Waals surface area contributed by atoms with Gasteiger partial charge in [-0.15, -0.1) is 0 Å². The number of nitrogen functional groups attached to an aromatic ring is 1. The van der Waals surface area contributed by atoms with Crippen LogP contribution >= 0.6 is 0 Å². The van der Waals surface area contributed by atoms with Crippen LogP contribution in [-0.2, 0) is 0 Å². The molecule has 0 spiro atoms. The maximum atomic E-state index is 12.4. The van der Waals surface area contributed by atoms with Crippen molar-refractivity contribution in [2.45, 2.75) is 6.92 Å². The molecule has 3 rings (SSSR count). The topological polar surface area (TPSA) is 55.1 Å². The highest BCUT2D eigenvalue weighted by atomic mass is 16.1. The molecule has 104 valence electrons. The third-order valence-electron chi connectivity index (χ3n) is 3.49. The molecule has 21 heavy (non-hydrogen) atoms. The lowest BCUT2D eigenvalue weighted by molar-refractivity contribution is 0.102. The number of hydrogen-bond donors (Lipinski definition) is 2. The van der Waals surface area contributed by atoms with Gasteiger partial charge in [0.05, 0.1) is 5.56 Å². The number of aryl methyl sites for hydroxylation is 1. The van der Waals surface area contributed by atoms with Crippen LogP contribution in [0.15, 0.2) is 60.7 Å². The highest BCUT2D eigenvalue weighted by Gasteiger charge is 2.11. The molecule has 3 aromatic carbocycles. The van der Waals surface area contributed by atoms with E-state index in [-0.39, 0.29) is 5.91 Å². The van der Waals surface area contributed by atoms with Gasteiger partial charge in [0, 0.05) is 16.8 Å². The lowest BCUT2D eigenvalue weighted by Crippen LogP contribution is -2.14. The summed E-state index contributed by atoms with van der Waals surface area (Å²) in [6, 6.07) is 19.2. The monoisotopic (exact) mass is 276 g/mol. The lowest BCUT2D eigenvalue weighted by atomic mass is 10.1. The summed E-state index contributed by atoms with van der Waals surface area (Å²) in [4.78, 5) is 12.4. The van der Waals surface area contributed by atoms with Crippen LogP contribution in [0.2, 0.25) is 0 Å². The Morgan fingerprint density at radius 2 is 1.76 bits per heavy atom. The number of rotatable bonds is 2. The first-order valence-corrected chi connectivity index (χ1v) is 6.80. The highest BCUT2D eigenvalue weighted by Crippen LogP contribution is 2.24. The highest BCUT2D eigenvalue weighted by molar-refractivity contribution is 6.11. The van der Waals surface area contributed by atoms with Gasteiger partial charge in [0.1, 0.15) is 0 Å². The van der Waals surface area contributed by atoms with Gasteiger partial charge >= 0.3 is 0 Å². The summed E-state index contributed by atoms with van der Waals surface area (Å²) in [6.45, 7) is 1.95. The van der Waals surface area contributed by atoms with Gasteiger partial charge in [-0.3, -0.25) is 4.79 Å². The fourth-order valence-electron chi connectivity index (χ4n) is 2.41. The largest absolute Gasteiger partial charge is 0.398 e. The van der Waals surface area contributed by atoms with Crippen molar-refractivity contribution in [2.24, 2.45) is 0 Å². The number of amides is 1. The van der Waals surface area contributed by atoms with Gasteiger partial charge in [-0.2, -0.15) is 0 Å². The van der Waals surface area contributed by atoms with E-state index in [1.807, 2.05) is 55.5 Å². The van der Waals surface area contributed by atoms with Gasteiger partial charge in [-0.05, 0) is 36.1 Å². The first kappa shape index (κ1) is 13.2. The predicted molar refractivity (Wildman–Crippen MR) is 87.5 cm³/mol. The minimum absolute atomic E-state index is 0.191. The average Bonchev–Trinajstić information content (AvgIpc) is 2.47. The standard InChI is InChI=1S/C18H16N2O/c1-12-9-10-15(16(19)11-12)18(21)20-17-8-4-6-13-5-2-3-7-14(13)17/h2-11H,19H2,1H3,(H,20,21). The molecule has 1 amide bonds. The third kappa shape index (κ3) is 2.58. The minimum atomic E-state index is -0.191. The fourth-order valence-corrected chi connectivity index (χ4v) is 2.41. The molecule has 3 nitrogen and oxygen atoms in total. The van der Waals surface area contributed by atoms with E-state index in [0.717, 1.165) is 22.0 Å². The summed E-state index contributed by atoms with van der Waals surface area (Å²) in [5.41, 5.74) is 8.74. The van der Waals surface area contributed by atoms with Crippen molar-refractivity contribution in [2.75, 3.05) is 11.1 Å². The molecular weight excluding hydrogens is 260 g/mol. The van der Waals surface area contributed by atoms with Crippen molar-refractivity contribution in [3.8, 4) is 0 Å². The molecular formula is C18H16N2O. The predicted octanol–water partition coefficient (Wildman–Crippen LogP) is 3.98. The Hall–Kier alpha value is -2.81. The molecule has 0 bridgehead atoms. The molecule has 0 saturated heterocycles. The first-order chi connectivity index (χ1) is 10.1. The zero-order valence-electron chi connectivity index (χ0n) is 11.8. The van der Waals surface area contributed by atoms with Crippen LogP contribution in [0.5, 0.6) is 0 Å². The van der Waals surface area contributed by atoms with E-state index >= 15 is 0 Å². The van der Waals surface area contributed by atoms with Crippen LogP contribution in [0.1, 0.15) is 15.9 Å². The Kier molecular flexibility index (Phi) is 3.32. The number of anilines is 2. The Morgan fingerprint density at radius 3 is 2.57 bits per heavy atom. The summed E-state index contributed by atoms with van der Waals surface area (Å²) < 4.78 is 0. The van der Waals surface area contributed by atoms with E-state index in [2.05, 4.69) is 5.32 Å². The van der Waals surface area contributed by atoms with Crippen molar-refractivity contribution in [3.63, 3.8) is 0 Å². The summed E-state index contributed by atoms with van der Waals surface area (Å²) in [7, 11) is 0. The summed E-state index contributed by atoms with van der Waals surface area (Å²) >= 11 is 0. The molecule has 0 atom stereocenters. The quantitative estimate of drug-likeness (QED) is 0.695. The Morgan fingerprint density at radius 1 is 1.00 bits per heavy atom. The third-order valence-corrected chi connectivity index (χ3v) is 3.49. The molecule has 0 fully saturated rings. The second-order valence-electron chi connectivity index (χ2n) is 5.07. The van der Waals surface area contributed by atoms with Crippen molar-refractivity contribution in [1.82, 2.24) is 0 Å². The SMILES string of the molecule is Cc1ccc(C(=O)Nc2cccc3ccccc23)c(N)c1. The van der Waals surface area contributed by atoms with Gasteiger partial charge in [0.2, 0.25) is 0 Å². The van der Waals surface area contributed by atoms with Gasteiger partial charge in [0.25, 0.3) is 5.91 Å². The molecule has 0 radical (unpaired) electrons. The van der Waals surface area contributed by atoms with Crippen LogP contribution < -0.4 is 11.1 Å².